The molecular weight excluding hydrogens is 358 g/mol. The molecule has 2 rings (SSSR count). The summed E-state index contributed by atoms with van der Waals surface area (Å²) in [5, 5.41) is 10.3. The number of aliphatic imine (C=N–C) groups is 1. The number of amides is 1. The second kappa shape index (κ2) is 11.0. The molecule has 2 aromatic rings. The van der Waals surface area contributed by atoms with Crippen molar-refractivity contribution >= 4 is 28.9 Å². The number of nitrogens with zero attached hydrogens (tertiary/aromatic N) is 2. The van der Waals surface area contributed by atoms with Crippen LogP contribution in [0, 0.1) is 12.3 Å². The van der Waals surface area contributed by atoms with E-state index in [9.17, 15) is 4.79 Å². The van der Waals surface area contributed by atoms with Crippen LogP contribution in [0.2, 0.25) is 0 Å². The summed E-state index contributed by atoms with van der Waals surface area (Å²) in [6.45, 7) is 5.55. The van der Waals surface area contributed by atoms with Crippen LogP contribution in [-0.4, -0.2) is 36.5 Å². The first-order chi connectivity index (χ1) is 13.1. The number of hydrogen-bond acceptors (Lipinski definition) is 4. The number of hydrogen-bond donors (Lipinski definition) is 3. The van der Waals surface area contributed by atoms with E-state index < -0.39 is 0 Å². The largest absolute Gasteiger partial charge is 0.357 e. The van der Waals surface area contributed by atoms with Gasteiger partial charge in [-0.2, -0.15) is 0 Å². The minimum Gasteiger partial charge on any atom is -0.357 e. The third-order valence-electron chi connectivity index (χ3n) is 3.62. The van der Waals surface area contributed by atoms with Gasteiger partial charge in [-0.25, -0.2) is 9.98 Å². The topological polar surface area (TPSA) is 78.4 Å². The zero-order chi connectivity index (χ0) is 19.5. The van der Waals surface area contributed by atoms with Gasteiger partial charge in [-0.15, -0.1) is 17.8 Å². The Bertz CT molecular complexity index is 822. The van der Waals surface area contributed by atoms with Crippen molar-refractivity contribution in [2.24, 2.45) is 4.99 Å². The van der Waals surface area contributed by atoms with Gasteiger partial charge in [0.15, 0.2) is 5.96 Å². The van der Waals surface area contributed by atoms with Crippen LogP contribution in [0.4, 0.5) is 5.69 Å². The van der Waals surface area contributed by atoms with E-state index in [0.29, 0.717) is 18.2 Å². The number of nitrogens with one attached hydrogen (secondary N) is 3. The van der Waals surface area contributed by atoms with Gasteiger partial charge in [0.05, 0.1) is 5.01 Å². The molecule has 0 aliphatic rings. The summed E-state index contributed by atoms with van der Waals surface area (Å²) in [7, 11) is 0. The van der Waals surface area contributed by atoms with Crippen LogP contribution in [0.15, 0.2) is 35.5 Å². The molecule has 27 heavy (non-hydrogen) atoms. The first kappa shape index (κ1) is 20.5. The Labute approximate surface area is 164 Å². The van der Waals surface area contributed by atoms with E-state index in [1.807, 2.05) is 25.3 Å². The highest BCUT2D eigenvalue weighted by Crippen LogP contribution is 2.13. The molecule has 0 atom stereocenters. The molecule has 0 bridgehead atoms. The lowest BCUT2D eigenvalue weighted by molar-refractivity contribution is -0.114. The second-order valence-electron chi connectivity index (χ2n) is 5.72. The predicted molar refractivity (Wildman–Crippen MR) is 112 cm³/mol. The molecule has 1 amide bonds. The van der Waals surface area contributed by atoms with Gasteiger partial charge in [-0.1, -0.05) is 18.9 Å². The first-order valence-electron chi connectivity index (χ1n) is 8.96. The van der Waals surface area contributed by atoms with Crippen molar-refractivity contribution < 1.29 is 4.79 Å². The Balaban J connectivity index is 1.84. The lowest BCUT2D eigenvalue weighted by Gasteiger charge is -2.10. The van der Waals surface area contributed by atoms with E-state index in [4.69, 9.17) is 6.42 Å². The summed E-state index contributed by atoms with van der Waals surface area (Å²) in [6, 6.07) is 7.17. The molecule has 0 unspecified atom stereocenters. The van der Waals surface area contributed by atoms with Gasteiger partial charge in [0.1, 0.15) is 6.54 Å². The van der Waals surface area contributed by atoms with Gasteiger partial charge in [-0.05, 0) is 31.5 Å². The third kappa shape index (κ3) is 7.12. The van der Waals surface area contributed by atoms with Crippen LogP contribution >= 0.6 is 11.3 Å². The molecule has 0 aliphatic carbocycles. The Morgan fingerprint density at radius 3 is 2.89 bits per heavy atom. The van der Waals surface area contributed by atoms with E-state index >= 15 is 0 Å². The molecule has 6 nitrogen and oxygen atoms in total. The molecule has 7 heteroatoms. The SMILES string of the molecule is C#Cc1cccc(NC(=O)CN=C(NCC)NCCc2ncc(CC)s2)c1. The fourth-order valence-electron chi connectivity index (χ4n) is 2.29. The number of aromatic nitrogens is 1. The maximum absolute atomic E-state index is 12.1. The predicted octanol–water partition coefficient (Wildman–Crippen LogP) is 2.42. The summed E-state index contributed by atoms with van der Waals surface area (Å²) >= 11 is 1.73. The van der Waals surface area contributed by atoms with Crippen molar-refractivity contribution in [3.05, 3.63) is 45.9 Å². The standard InChI is InChI=1S/C20H25N5OS/c1-4-15-8-7-9-16(12-15)25-18(26)14-24-20(21-6-3)22-11-10-19-23-13-17(5-2)27-19/h1,7-9,12-13H,5-6,10-11,14H2,2-3H3,(H,25,26)(H2,21,22,24). The monoisotopic (exact) mass is 383 g/mol. The number of carbonyl (C=O) groups excluding carboxylic acids is 1. The average molecular weight is 384 g/mol. The fraction of sp³-hybridized carbons (Fsp3) is 0.350. The number of benzene rings is 1. The molecule has 0 spiro atoms. The first-order valence-corrected chi connectivity index (χ1v) is 9.78. The quantitative estimate of drug-likeness (QED) is 0.372. The van der Waals surface area contributed by atoms with Gasteiger partial charge in [-0.3, -0.25) is 4.79 Å². The number of aryl methyl sites for hydroxylation is 1. The Hall–Kier alpha value is -2.85. The smallest absolute Gasteiger partial charge is 0.246 e. The normalized spacial score (nSPS) is 10.9. The molecule has 1 aromatic carbocycles. The van der Waals surface area contributed by atoms with Gasteiger partial charge >= 0.3 is 0 Å². The maximum atomic E-state index is 12.1. The number of rotatable bonds is 8. The number of terminal acetylenes is 1. The van der Waals surface area contributed by atoms with E-state index in [1.165, 1.54) is 4.88 Å². The molecule has 0 saturated carbocycles. The van der Waals surface area contributed by atoms with E-state index in [-0.39, 0.29) is 12.5 Å². The van der Waals surface area contributed by atoms with E-state index in [1.54, 1.807) is 23.5 Å². The number of carbonyl (C=O) groups is 1. The van der Waals surface area contributed by atoms with Gasteiger partial charge < -0.3 is 16.0 Å². The van der Waals surface area contributed by atoms with E-state index in [0.717, 1.165) is 30.0 Å². The van der Waals surface area contributed by atoms with Crippen molar-refractivity contribution in [1.29, 1.82) is 0 Å². The highest BCUT2D eigenvalue weighted by atomic mass is 32.1. The summed E-state index contributed by atoms with van der Waals surface area (Å²) in [5.41, 5.74) is 1.39. The zero-order valence-electron chi connectivity index (χ0n) is 15.7. The third-order valence-corrected chi connectivity index (χ3v) is 4.82. The van der Waals surface area contributed by atoms with Crippen LogP contribution in [-0.2, 0) is 17.6 Å². The molecule has 3 N–H and O–H groups in total. The Morgan fingerprint density at radius 1 is 1.33 bits per heavy atom. The van der Waals surface area contributed by atoms with Crippen LogP contribution in [0.5, 0.6) is 0 Å². The molecule has 1 heterocycles. The average Bonchev–Trinajstić information content (AvgIpc) is 3.14. The fourth-order valence-corrected chi connectivity index (χ4v) is 3.16. The highest BCUT2D eigenvalue weighted by molar-refractivity contribution is 7.11. The summed E-state index contributed by atoms with van der Waals surface area (Å²) in [4.78, 5) is 22.1. The van der Waals surface area contributed by atoms with Crippen molar-refractivity contribution in [1.82, 2.24) is 15.6 Å². The number of thiazole rings is 1. The summed E-state index contributed by atoms with van der Waals surface area (Å²) in [5.74, 6) is 2.95. The second-order valence-corrected chi connectivity index (χ2v) is 6.92. The molecule has 142 valence electrons. The van der Waals surface area contributed by atoms with Crippen LogP contribution in [0.3, 0.4) is 0 Å². The summed E-state index contributed by atoms with van der Waals surface area (Å²) in [6.07, 6.45) is 9.13. The van der Waals surface area contributed by atoms with Crippen LogP contribution in [0.25, 0.3) is 0 Å². The molecular formula is C20H25N5OS. The highest BCUT2D eigenvalue weighted by Gasteiger charge is 2.05. The van der Waals surface area contributed by atoms with Crippen LogP contribution < -0.4 is 16.0 Å². The van der Waals surface area contributed by atoms with Gasteiger partial charge in [0, 0.05) is 41.8 Å². The maximum Gasteiger partial charge on any atom is 0.246 e. The van der Waals surface area contributed by atoms with E-state index in [2.05, 4.69) is 38.8 Å². The lowest BCUT2D eigenvalue weighted by Crippen LogP contribution is -2.39. The number of anilines is 1. The molecule has 0 fully saturated rings. The lowest BCUT2D eigenvalue weighted by atomic mass is 10.2. The molecule has 0 aliphatic heterocycles. The van der Waals surface area contributed by atoms with Gasteiger partial charge in [0.2, 0.25) is 5.91 Å². The Kier molecular flexibility index (Phi) is 8.33. The van der Waals surface area contributed by atoms with Crippen molar-refractivity contribution in [2.45, 2.75) is 26.7 Å². The molecule has 1 aromatic heterocycles. The minimum atomic E-state index is -0.200. The molecule has 0 radical (unpaired) electrons. The van der Waals surface area contributed by atoms with Crippen molar-refractivity contribution in [2.75, 3.05) is 25.0 Å². The Morgan fingerprint density at radius 2 is 2.19 bits per heavy atom. The van der Waals surface area contributed by atoms with Crippen molar-refractivity contribution in [3.63, 3.8) is 0 Å². The summed E-state index contributed by atoms with van der Waals surface area (Å²) < 4.78 is 0. The number of guanidine groups is 1. The van der Waals surface area contributed by atoms with Crippen molar-refractivity contribution in [3.8, 4) is 12.3 Å². The molecule has 0 saturated heterocycles. The minimum absolute atomic E-state index is 0.0207. The zero-order valence-corrected chi connectivity index (χ0v) is 16.5. The van der Waals surface area contributed by atoms with Crippen LogP contribution in [0.1, 0.15) is 29.3 Å². The van der Waals surface area contributed by atoms with Gasteiger partial charge in [0.25, 0.3) is 0 Å².